The number of ether oxygens (including phenoxy) is 1. The SMILES string of the molecule is O=CNCC1CCC(N2C(=O)C3C4C=CC(O4)C3C2=O)CC1. The number of nitrogens with zero attached hydrogens (tertiary/aromatic N) is 1. The fourth-order valence-electron chi connectivity index (χ4n) is 4.51. The lowest BCUT2D eigenvalue weighted by Crippen LogP contribution is -2.45. The Morgan fingerprint density at radius 1 is 1.09 bits per heavy atom. The van der Waals surface area contributed by atoms with E-state index < -0.39 is 0 Å². The Kier molecular flexibility index (Phi) is 3.29. The maximum absolute atomic E-state index is 12.7. The summed E-state index contributed by atoms with van der Waals surface area (Å²) in [4.78, 5) is 37.2. The smallest absolute Gasteiger partial charge is 0.236 e. The molecule has 0 aromatic carbocycles. The lowest BCUT2D eigenvalue weighted by molar-refractivity contribution is -0.146. The van der Waals surface area contributed by atoms with Crippen LogP contribution in [0, 0.1) is 17.8 Å². The van der Waals surface area contributed by atoms with E-state index in [1.165, 1.54) is 4.90 Å². The van der Waals surface area contributed by atoms with Gasteiger partial charge < -0.3 is 10.1 Å². The maximum Gasteiger partial charge on any atom is 0.236 e. The minimum absolute atomic E-state index is 0.0254. The molecule has 3 heterocycles. The van der Waals surface area contributed by atoms with E-state index in [1.807, 2.05) is 12.2 Å². The molecular formula is C16H20N2O4. The van der Waals surface area contributed by atoms with Crippen LogP contribution in [0.3, 0.4) is 0 Å². The first kappa shape index (κ1) is 13.9. The fourth-order valence-corrected chi connectivity index (χ4v) is 4.51. The van der Waals surface area contributed by atoms with E-state index in [9.17, 15) is 14.4 Å². The van der Waals surface area contributed by atoms with Crippen LogP contribution in [0.1, 0.15) is 25.7 Å². The average Bonchev–Trinajstić information content (AvgIpc) is 3.20. The third kappa shape index (κ3) is 1.93. The molecule has 118 valence electrons. The third-order valence-corrected chi connectivity index (χ3v) is 5.62. The Bertz CT molecular complexity index is 508. The summed E-state index contributed by atoms with van der Waals surface area (Å²) in [6, 6.07) is 0.0254. The van der Waals surface area contributed by atoms with Gasteiger partial charge in [-0.1, -0.05) is 12.2 Å². The number of carbonyl (C=O) groups is 3. The van der Waals surface area contributed by atoms with Gasteiger partial charge in [0.1, 0.15) is 0 Å². The summed E-state index contributed by atoms with van der Waals surface area (Å²) in [6.07, 6.45) is 7.72. The lowest BCUT2D eigenvalue weighted by Gasteiger charge is -2.34. The molecule has 0 aromatic rings. The summed E-state index contributed by atoms with van der Waals surface area (Å²) >= 11 is 0. The Balaban J connectivity index is 1.43. The molecule has 4 rings (SSSR count). The van der Waals surface area contributed by atoms with Gasteiger partial charge in [0.2, 0.25) is 18.2 Å². The normalized spacial score (nSPS) is 42.8. The van der Waals surface area contributed by atoms with Crippen molar-refractivity contribution in [3.63, 3.8) is 0 Å². The standard InChI is InChI=1S/C16H20N2O4/c19-8-17-7-9-1-3-10(4-2-9)18-15(20)13-11-5-6-12(22-11)14(13)16(18)21/h5-6,8-14H,1-4,7H2,(H,17,19). The minimum Gasteiger partial charge on any atom is -0.365 e. The van der Waals surface area contributed by atoms with E-state index in [4.69, 9.17) is 4.74 Å². The summed E-state index contributed by atoms with van der Waals surface area (Å²) in [6.45, 7) is 0.686. The average molecular weight is 304 g/mol. The zero-order valence-corrected chi connectivity index (χ0v) is 12.3. The van der Waals surface area contributed by atoms with Gasteiger partial charge in [-0.05, 0) is 31.6 Å². The molecule has 1 saturated carbocycles. The van der Waals surface area contributed by atoms with E-state index in [0.717, 1.165) is 32.1 Å². The number of hydrogen-bond donors (Lipinski definition) is 1. The van der Waals surface area contributed by atoms with Crippen molar-refractivity contribution < 1.29 is 19.1 Å². The molecule has 0 radical (unpaired) electrons. The zero-order valence-electron chi connectivity index (χ0n) is 12.3. The van der Waals surface area contributed by atoms with Gasteiger partial charge in [-0.25, -0.2) is 0 Å². The molecule has 4 aliphatic rings. The number of likely N-dealkylation sites (tertiary alicyclic amines) is 1. The first-order valence-electron chi connectivity index (χ1n) is 8.08. The summed E-state index contributed by atoms with van der Waals surface area (Å²) in [5.41, 5.74) is 0. The van der Waals surface area contributed by atoms with E-state index in [0.29, 0.717) is 12.5 Å². The molecule has 6 heteroatoms. The summed E-state index contributed by atoms with van der Waals surface area (Å²) < 4.78 is 5.66. The lowest BCUT2D eigenvalue weighted by atomic mass is 9.85. The number of nitrogens with one attached hydrogen (secondary N) is 1. The second-order valence-electron chi connectivity index (χ2n) is 6.75. The van der Waals surface area contributed by atoms with Crippen LogP contribution in [0.2, 0.25) is 0 Å². The number of carbonyl (C=O) groups excluding carboxylic acids is 3. The molecule has 3 aliphatic heterocycles. The Hall–Kier alpha value is -1.69. The largest absolute Gasteiger partial charge is 0.365 e. The van der Waals surface area contributed by atoms with E-state index in [2.05, 4.69) is 5.32 Å². The highest BCUT2D eigenvalue weighted by Gasteiger charge is 2.61. The molecule has 22 heavy (non-hydrogen) atoms. The maximum atomic E-state index is 12.7. The first-order valence-corrected chi connectivity index (χ1v) is 8.08. The molecule has 4 atom stereocenters. The van der Waals surface area contributed by atoms with Crippen molar-refractivity contribution >= 4 is 18.2 Å². The van der Waals surface area contributed by atoms with Gasteiger partial charge in [-0.2, -0.15) is 0 Å². The first-order chi connectivity index (χ1) is 10.7. The Morgan fingerprint density at radius 3 is 2.23 bits per heavy atom. The van der Waals surface area contributed by atoms with Crippen LogP contribution in [0.4, 0.5) is 0 Å². The van der Waals surface area contributed by atoms with Crippen LogP contribution < -0.4 is 5.32 Å². The second kappa shape index (κ2) is 5.19. The van der Waals surface area contributed by atoms with Crippen molar-refractivity contribution in [2.75, 3.05) is 6.54 Å². The number of rotatable bonds is 4. The molecular weight excluding hydrogens is 284 g/mol. The molecule has 6 nitrogen and oxygen atoms in total. The highest BCUT2D eigenvalue weighted by Crippen LogP contribution is 2.46. The van der Waals surface area contributed by atoms with Gasteiger partial charge >= 0.3 is 0 Å². The van der Waals surface area contributed by atoms with Crippen LogP contribution in [-0.4, -0.2) is 47.9 Å². The van der Waals surface area contributed by atoms with E-state index in [1.54, 1.807) is 0 Å². The van der Waals surface area contributed by atoms with Crippen molar-refractivity contribution in [1.82, 2.24) is 10.2 Å². The van der Waals surface area contributed by atoms with Crippen LogP contribution in [0.5, 0.6) is 0 Å². The number of hydrogen-bond acceptors (Lipinski definition) is 4. The van der Waals surface area contributed by atoms with E-state index in [-0.39, 0.29) is 41.9 Å². The van der Waals surface area contributed by atoms with Gasteiger partial charge in [0.05, 0.1) is 24.0 Å². The molecule has 1 aliphatic carbocycles. The number of imide groups is 1. The van der Waals surface area contributed by atoms with Crippen molar-refractivity contribution in [1.29, 1.82) is 0 Å². The predicted octanol–water partition coefficient (Wildman–Crippen LogP) is 0.230. The van der Waals surface area contributed by atoms with Crippen molar-refractivity contribution in [3.8, 4) is 0 Å². The van der Waals surface area contributed by atoms with Crippen LogP contribution in [-0.2, 0) is 19.1 Å². The molecule has 0 spiro atoms. The van der Waals surface area contributed by atoms with Crippen LogP contribution in [0.15, 0.2) is 12.2 Å². The quantitative estimate of drug-likeness (QED) is 0.458. The van der Waals surface area contributed by atoms with Crippen molar-refractivity contribution in [3.05, 3.63) is 12.2 Å². The molecule has 0 aromatic heterocycles. The zero-order chi connectivity index (χ0) is 15.3. The highest BCUT2D eigenvalue weighted by molar-refractivity contribution is 6.07. The third-order valence-electron chi connectivity index (χ3n) is 5.62. The molecule has 2 bridgehead atoms. The molecule has 4 unspecified atom stereocenters. The van der Waals surface area contributed by atoms with Gasteiger partial charge in [-0.15, -0.1) is 0 Å². The molecule has 3 amide bonds. The van der Waals surface area contributed by atoms with Gasteiger partial charge in [0, 0.05) is 12.6 Å². The Labute approximate surface area is 128 Å². The van der Waals surface area contributed by atoms with Gasteiger partial charge in [-0.3, -0.25) is 19.3 Å². The van der Waals surface area contributed by atoms with Crippen LogP contribution >= 0.6 is 0 Å². The predicted molar refractivity (Wildman–Crippen MR) is 76.4 cm³/mol. The van der Waals surface area contributed by atoms with E-state index >= 15 is 0 Å². The molecule has 1 N–H and O–H groups in total. The molecule has 2 saturated heterocycles. The topological polar surface area (TPSA) is 75.7 Å². The summed E-state index contributed by atoms with van der Waals surface area (Å²) in [7, 11) is 0. The van der Waals surface area contributed by atoms with Gasteiger partial charge in [0.25, 0.3) is 0 Å². The van der Waals surface area contributed by atoms with Crippen molar-refractivity contribution in [2.24, 2.45) is 17.8 Å². The monoisotopic (exact) mass is 304 g/mol. The summed E-state index contributed by atoms with van der Waals surface area (Å²) in [5.74, 6) is -0.216. The number of fused-ring (bicyclic) bond motifs is 5. The second-order valence-corrected chi connectivity index (χ2v) is 6.75. The van der Waals surface area contributed by atoms with Gasteiger partial charge in [0.15, 0.2) is 0 Å². The van der Waals surface area contributed by atoms with Crippen molar-refractivity contribution in [2.45, 2.75) is 43.9 Å². The molecule has 3 fully saturated rings. The van der Waals surface area contributed by atoms with Crippen LogP contribution in [0.25, 0.3) is 0 Å². The number of amides is 3. The Morgan fingerprint density at radius 2 is 1.68 bits per heavy atom. The fraction of sp³-hybridized carbons (Fsp3) is 0.688. The highest BCUT2D eigenvalue weighted by atomic mass is 16.5. The minimum atomic E-state index is -0.294. The summed E-state index contributed by atoms with van der Waals surface area (Å²) in [5, 5.41) is 2.72.